The van der Waals surface area contributed by atoms with Gasteiger partial charge in [0, 0.05) is 6.42 Å². The molecule has 1 aromatic carbocycles. The number of methoxy groups -OCH3 is 1. The fraction of sp³-hybridized carbons (Fsp3) is 0.565. The normalized spacial score (nSPS) is 22.5. The maximum Gasteiger partial charge on any atom is 0.328 e. The van der Waals surface area contributed by atoms with E-state index < -0.39 is 23.5 Å². The fourth-order valence-electron chi connectivity index (χ4n) is 3.90. The SMILES string of the molecule is COC(=O)[C@H](Cc1ccc(O)cc1)NC(=O)[C@]1(C)CCC/C1=C\[C@@H](O)CC(C)C. The lowest BCUT2D eigenvalue weighted by Crippen LogP contribution is -2.48. The molecule has 3 atom stereocenters. The molecule has 29 heavy (non-hydrogen) atoms. The Balaban J connectivity index is 2.17. The maximum atomic E-state index is 13.2. The molecule has 0 heterocycles. The predicted octanol–water partition coefficient (Wildman–Crippen LogP) is 3.12. The Labute approximate surface area is 173 Å². The second-order valence-corrected chi connectivity index (χ2v) is 8.49. The van der Waals surface area contributed by atoms with Gasteiger partial charge in [-0.15, -0.1) is 0 Å². The van der Waals surface area contributed by atoms with Crippen molar-refractivity contribution in [1.29, 1.82) is 0 Å². The van der Waals surface area contributed by atoms with Gasteiger partial charge in [-0.3, -0.25) is 4.79 Å². The molecule has 6 nitrogen and oxygen atoms in total. The summed E-state index contributed by atoms with van der Waals surface area (Å²) in [5.41, 5.74) is 0.980. The number of benzene rings is 1. The molecule has 1 aromatic rings. The van der Waals surface area contributed by atoms with Gasteiger partial charge in [0.25, 0.3) is 0 Å². The van der Waals surface area contributed by atoms with Gasteiger partial charge in [0.05, 0.1) is 18.6 Å². The highest BCUT2D eigenvalue weighted by Crippen LogP contribution is 2.43. The van der Waals surface area contributed by atoms with E-state index in [0.29, 0.717) is 18.8 Å². The van der Waals surface area contributed by atoms with E-state index >= 15 is 0 Å². The molecule has 3 N–H and O–H groups in total. The number of hydrogen-bond acceptors (Lipinski definition) is 5. The number of aromatic hydroxyl groups is 1. The summed E-state index contributed by atoms with van der Waals surface area (Å²) in [6, 6.07) is 5.68. The highest BCUT2D eigenvalue weighted by Gasteiger charge is 2.42. The van der Waals surface area contributed by atoms with Gasteiger partial charge in [-0.05, 0) is 56.2 Å². The van der Waals surface area contributed by atoms with Gasteiger partial charge in [0.2, 0.25) is 5.91 Å². The quantitative estimate of drug-likeness (QED) is 0.458. The minimum atomic E-state index is -0.823. The number of aliphatic hydroxyl groups is 1. The van der Waals surface area contributed by atoms with Gasteiger partial charge in [-0.25, -0.2) is 4.79 Å². The maximum absolute atomic E-state index is 13.2. The summed E-state index contributed by atoms with van der Waals surface area (Å²) in [4.78, 5) is 25.5. The summed E-state index contributed by atoms with van der Waals surface area (Å²) in [5.74, 6) is -0.247. The van der Waals surface area contributed by atoms with E-state index in [2.05, 4.69) is 5.32 Å². The summed E-state index contributed by atoms with van der Waals surface area (Å²) in [7, 11) is 1.29. The van der Waals surface area contributed by atoms with Crippen molar-refractivity contribution in [1.82, 2.24) is 5.32 Å². The van der Waals surface area contributed by atoms with Crippen LogP contribution in [0.2, 0.25) is 0 Å². The number of phenolic OH excluding ortho intramolecular Hbond substituents is 1. The van der Waals surface area contributed by atoms with Gasteiger partial charge < -0.3 is 20.3 Å². The number of amides is 1. The molecule has 0 spiro atoms. The van der Waals surface area contributed by atoms with E-state index in [-0.39, 0.29) is 18.1 Å². The molecule has 0 bridgehead atoms. The Hall–Kier alpha value is -2.34. The number of ether oxygens (including phenoxy) is 1. The molecule has 1 fully saturated rings. The van der Waals surface area contributed by atoms with Crippen molar-refractivity contribution in [2.45, 2.75) is 65.0 Å². The Morgan fingerprint density at radius 1 is 1.28 bits per heavy atom. The smallest absolute Gasteiger partial charge is 0.328 e. The van der Waals surface area contributed by atoms with Crippen LogP contribution in [0.15, 0.2) is 35.9 Å². The zero-order valence-electron chi connectivity index (χ0n) is 17.8. The molecular weight excluding hydrogens is 370 g/mol. The van der Waals surface area contributed by atoms with Gasteiger partial charge in [-0.1, -0.05) is 37.6 Å². The average molecular weight is 404 g/mol. The van der Waals surface area contributed by atoms with E-state index in [1.54, 1.807) is 24.3 Å². The minimum Gasteiger partial charge on any atom is -0.508 e. The molecule has 1 saturated carbocycles. The number of rotatable bonds is 8. The van der Waals surface area contributed by atoms with Gasteiger partial charge in [0.1, 0.15) is 11.8 Å². The fourth-order valence-corrected chi connectivity index (χ4v) is 3.90. The topological polar surface area (TPSA) is 95.9 Å². The van der Waals surface area contributed by atoms with E-state index in [4.69, 9.17) is 4.74 Å². The van der Waals surface area contributed by atoms with Crippen LogP contribution in [0.3, 0.4) is 0 Å². The Bertz CT molecular complexity index is 740. The average Bonchev–Trinajstić information content (AvgIpc) is 3.03. The molecule has 0 aliphatic heterocycles. The number of aliphatic hydroxyl groups excluding tert-OH is 1. The molecule has 0 aromatic heterocycles. The molecule has 1 amide bonds. The molecule has 2 rings (SSSR count). The lowest BCUT2D eigenvalue weighted by atomic mass is 9.82. The van der Waals surface area contributed by atoms with Crippen molar-refractivity contribution in [2.75, 3.05) is 7.11 Å². The number of esters is 1. The predicted molar refractivity (Wildman–Crippen MR) is 111 cm³/mol. The third kappa shape index (κ3) is 6.07. The molecule has 160 valence electrons. The lowest BCUT2D eigenvalue weighted by molar-refractivity contribution is -0.146. The zero-order chi connectivity index (χ0) is 21.6. The Morgan fingerprint density at radius 2 is 1.93 bits per heavy atom. The van der Waals surface area contributed by atoms with E-state index in [9.17, 15) is 19.8 Å². The highest BCUT2D eigenvalue weighted by molar-refractivity contribution is 5.90. The van der Waals surface area contributed by atoms with E-state index in [0.717, 1.165) is 24.0 Å². The summed E-state index contributed by atoms with van der Waals surface area (Å²) < 4.78 is 4.88. The van der Waals surface area contributed by atoms with Crippen LogP contribution in [-0.4, -0.2) is 41.3 Å². The molecule has 1 aliphatic carbocycles. The van der Waals surface area contributed by atoms with Crippen LogP contribution in [0.5, 0.6) is 5.75 Å². The Morgan fingerprint density at radius 3 is 2.52 bits per heavy atom. The van der Waals surface area contributed by atoms with Crippen LogP contribution in [0.25, 0.3) is 0 Å². The van der Waals surface area contributed by atoms with Crippen molar-refractivity contribution in [2.24, 2.45) is 11.3 Å². The van der Waals surface area contributed by atoms with Gasteiger partial charge >= 0.3 is 5.97 Å². The number of phenols is 1. The molecule has 0 unspecified atom stereocenters. The van der Waals surface area contributed by atoms with Gasteiger partial charge in [-0.2, -0.15) is 0 Å². The molecule has 0 radical (unpaired) electrons. The third-order valence-electron chi connectivity index (χ3n) is 5.61. The first-order valence-electron chi connectivity index (χ1n) is 10.2. The first kappa shape index (κ1) is 22.9. The van der Waals surface area contributed by atoms with Crippen molar-refractivity contribution < 1.29 is 24.5 Å². The monoisotopic (exact) mass is 403 g/mol. The first-order valence-corrected chi connectivity index (χ1v) is 10.2. The zero-order valence-corrected chi connectivity index (χ0v) is 17.8. The lowest BCUT2D eigenvalue weighted by Gasteiger charge is -2.28. The van der Waals surface area contributed by atoms with Crippen LogP contribution < -0.4 is 5.32 Å². The number of carbonyl (C=O) groups excluding carboxylic acids is 2. The van der Waals surface area contributed by atoms with Crippen molar-refractivity contribution in [3.05, 3.63) is 41.5 Å². The molecule has 6 heteroatoms. The standard InChI is InChI=1S/C23H33NO5/c1-15(2)12-19(26)14-17-6-5-11-23(17,3)22(28)24-20(21(27)29-4)13-16-7-9-18(25)10-8-16/h7-10,14-15,19-20,25-26H,5-6,11-13H2,1-4H3,(H,24,28)/b17-14+/t19-,20-,23+/m0/s1. The van der Waals surface area contributed by atoms with Crippen LogP contribution in [0.1, 0.15) is 52.0 Å². The van der Waals surface area contributed by atoms with Crippen LogP contribution in [0, 0.1) is 11.3 Å². The van der Waals surface area contributed by atoms with Crippen LogP contribution in [0.4, 0.5) is 0 Å². The second-order valence-electron chi connectivity index (χ2n) is 8.49. The summed E-state index contributed by atoms with van der Waals surface area (Å²) >= 11 is 0. The van der Waals surface area contributed by atoms with Crippen molar-refractivity contribution >= 4 is 11.9 Å². The van der Waals surface area contributed by atoms with Crippen LogP contribution in [-0.2, 0) is 20.7 Å². The summed E-state index contributed by atoms with van der Waals surface area (Å²) in [5, 5.41) is 22.6. The second kappa shape index (κ2) is 9.92. The summed E-state index contributed by atoms with van der Waals surface area (Å²) in [6.45, 7) is 5.97. The van der Waals surface area contributed by atoms with E-state index in [1.165, 1.54) is 7.11 Å². The molecule has 0 saturated heterocycles. The summed E-state index contributed by atoms with van der Waals surface area (Å²) in [6.07, 6.45) is 4.46. The third-order valence-corrected chi connectivity index (χ3v) is 5.61. The Kier molecular flexibility index (Phi) is 7.85. The van der Waals surface area contributed by atoms with Gasteiger partial charge in [0.15, 0.2) is 0 Å². The van der Waals surface area contributed by atoms with E-state index in [1.807, 2.05) is 26.8 Å². The van der Waals surface area contributed by atoms with Crippen molar-refractivity contribution in [3.8, 4) is 5.75 Å². The molecule has 1 aliphatic rings. The number of carbonyl (C=O) groups is 2. The minimum absolute atomic E-state index is 0.139. The highest BCUT2D eigenvalue weighted by atomic mass is 16.5. The van der Waals surface area contributed by atoms with Crippen molar-refractivity contribution in [3.63, 3.8) is 0 Å². The van der Waals surface area contributed by atoms with Crippen LogP contribution >= 0.6 is 0 Å². The molecular formula is C23H33NO5. The largest absolute Gasteiger partial charge is 0.508 e. The first-order chi connectivity index (χ1) is 13.7. The number of nitrogens with one attached hydrogen (secondary N) is 1. The number of hydrogen-bond donors (Lipinski definition) is 3.